The Morgan fingerprint density at radius 3 is 2.60 bits per heavy atom. The summed E-state index contributed by atoms with van der Waals surface area (Å²) in [5, 5.41) is 0. The number of allylic oxidation sites excluding steroid dienone is 1. The molecule has 0 aromatic carbocycles. The van der Waals surface area contributed by atoms with Crippen LogP contribution in [-0.4, -0.2) is 18.7 Å². The molecule has 0 heterocycles. The zero-order valence-corrected chi connectivity index (χ0v) is 6.69. The molecule has 0 aliphatic carbocycles. The van der Waals surface area contributed by atoms with Gasteiger partial charge in [-0.05, 0) is 0 Å². The molecule has 0 rings (SSSR count). The SMILES string of the molecule is C=CC[Te]Br. The first-order valence-electron chi connectivity index (χ1n) is 1.26. The third-order valence-corrected chi connectivity index (χ3v) is 2.99. The van der Waals surface area contributed by atoms with E-state index in [0.717, 1.165) is 0 Å². The van der Waals surface area contributed by atoms with E-state index in [2.05, 4.69) is 19.3 Å². The summed E-state index contributed by atoms with van der Waals surface area (Å²) in [5.74, 6) is 0. The van der Waals surface area contributed by atoms with Crippen molar-refractivity contribution < 1.29 is 0 Å². The number of halogens is 1. The molecule has 0 saturated heterocycles. The van der Waals surface area contributed by atoms with Crippen LogP contribution in [0.1, 0.15) is 0 Å². The molecule has 0 unspecified atom stereocenters. The van der Waals surface area contributed by atoms with Gasteiger partial charge in [0.25, 0.3) is 0 Å². The predicted octanol–water partition coefficient (Wildman–Crippen LogP) is 1.60. The molecule has 0 saturated carbocycles. The van der Waals surface area contributed by atoms with Crippen molar-refractivity contribution in [1.29, 1.82) is 0 Å². The van der Waals surface area contributed by atoms with Crippen molar-refractivity contribution in [2.45, 2.75) is 4.47 Å². The van der Waals surface area contributed by atoms with E-state index < -0.39 is 0 Å². The Balaban J connectivity index is 2.40. The van der Waals surface area contributed by atoms with Crippen molar-refractivity contribution in [3.63, 3.8) is 0 Å². The first-order chi connectivity index (χ1) is 2.41. The predicted molar refractivity (Wildman–Crippen MR) is 29.7 cm³/mol. The molecule has 0 amide bonds. The van der Waals surface area contributed by atoms with Crippen LogP contribution in [0.2, 0.25) is 4.47 Å². The molecular formula is C3H5BrTe. The summed E-state index contributed by atoms with van der Waals surface area (Å²) in [6, 6.07) is 0. The van der Waals surface area contributed by atoms with Crippen molar-refractivity contribution in [2.24, 2.45) is 0 Å². The van der Waals surface area contributed by atoms with Gasteiger partial charge in [0.05, 0.1) is 0 Å². The minimum absolute atomic E-state index is 0.168. The van der Waals surface area contributed by atoms with Crippen molar-refractivity contribution >= 4 is 31.5 Å². The van der Waals surface area contributed by atoms with Crippen molar-refractivity contribution in [3.8, 4) is 0 Å². The molecular weight excluding hydrogens is 244 g/mol. The third-order valence-electron chi connectivity index (χ3n) is 0.181. The minimum atomic E-state index is 0.168. The number of rotatable bonds is 2. The van der Waals surface area contributed by atoms with Crippen molar-refractivity contribution in [2.75, 3.05) is 0 Å². The van der Waals surface area contributed by atoms with Gasteiger partial charge in [-0.15, -0.1) is 0 Å². The van der Waals surface area contributed by atoms with E-state index in [4.69, 9.17) is 0 Å². The van der Waals surface area contributed by atoms with E-state index in [0.29, 0.717) is 0 Å². The molecule has 0 nitrogen and oxygen atoms in total. The average Bonchev–Trinajstić information content (AvgIpc) is 1.41. The molecule has 0 aromatic rings. The molecule has 5 heavy (non-hydrogen) atoms. The molecule has 0 aliphatic heterocycles. The maximum absolute atomic E-state index is 3.55. The zero-order valence-electron chi connectivity index (χ0n) is 2.78. The Bertz CT molecular complexity index is 28.1. The molecule has 2 heteroatoms. The van der Waals surface area contributed by atoms with Crippen LogP contribution < -0.4 is 0 Å². The summed E-state index contributed by atoms with van der Waals surface area (Å²) in [6.07, 6.45) is 1.94. The summed E-state index contributed by atoms with van der Waals surface area (Å²) in [7, 11) is 0. The second kappa shape index (κ2) is 5.01. The summed E-state index contributed by atoms with van der Waals surface area (Å²) in [5.41, 5.74) is 0. The second-order valence-corrected chi connectivity index (χ2v) is 5.21. The fourth-order valence-corrected chi connectivity index (χ4v) is 1.55. The fourth-order valence-electron chi connectivity index (χ4n) is 0.0445. The molecule has 0 bridgehead atoms. The molecule has 0 aliphatic rings. The molecule has 0 fully saturated rings. The third kappa shape index (κ3) is 5.01. The van der Waals surface area contributed by atoms with Gasteiger partial charge < -0.3 is 0 Å². The van der Waals surface area contributed by atoms with E-state index in [1.807, 2.05) is 6.08 Å². The van der Waals surface area contributed by atoms with Gasteiger partial charge in [-0.25, -0.2) is 0 Å². The van der Waals surface area contributed by atoms with Crippen LogP contribution in [0, 0.1) is 0 Å². The summed E-state index contributed by atoms with van der Waals surface area (Å²) in [6.45, 7) is 3.55. The molecule has 30 valence electrons. The summed E-state index contributed by atoms with van der Waals surface area (Å²) in [4.78, 5) is 0. The van der Waals surface area contributed by atoms with E-state index in [-0.39, 0.29) is 18.7 Å². The summed E-state index contributed by atoms with van der Waals surface area (Å²) >= 11 is 3.54. The van der Waals surface area contributed by atoms with Crippen LogP contribution in [-0.2, 0) is 0 Å². The Hall–Kier alpha value is 1.01. The van der Waals surface area contributed by atoms with Crippen molar-refractivity contribution in [1.82, 2.24) is 0 Å². The molecule has 0 N–H and O–H groups in total. The topological polar surface area (TPSA) is 0 Å². The first-order valence-corrected chi connectivity index (χ1v) is 8.13. The molecule has 0 spiro atoms. The van der Waals surface area contributed by atoms with Crippen LogP contribution in [0.25, 0.3) is 0 Å². The Labute approximate surface area is 48.5 Å². The normalized spacial score (nSPS) is 7.40. The van der Waals surface area contributed by atoms with Gasteiger partial charge in [0.15, 0.2) is 0 Å². The zero-order chi connectivity index (χ0) is 4.12. The molecule has 0 radical (unpaired) electrons. The van der Waals surface area contributed by atoms with Crippen LogP contribution >= 0.6 is 12.8 Å². The second-order valence-electron chi connectivity index (χ2n) is 0.564. The fraction of sp³-hybridized carbons (Fsp3) is 0.333. The van der Waals surface area contributed by atoms with Crippen molar-refractivity contribution in [3.05, 3.63) is 12.7 Å². The monoisotopic (exact) mass is 250 g/mol. The van der Waals surface area contributed by atoms with Gasteiger partial charge in [-0.2, -0.15) is 0 Å². The van der Waals surface area contributed by atoms with E-state index in [1.165, 1.54) is 4.47 Å². The quantitative estimate of drug-likeness (QED) is 0.514. The number of hydrogen-bond acceptors (Lipinski definition) is 0. The van der Waals surface area contributed by atoms with Gasteiger partial charge in [0.2, 0.25) is 0 Å². The van der Waals surface area contributed by atoms with Gasteiger partial charge in [-0.3, -0.25) is 0 Å². The Morgan fingerprint density at radius 2 is 2.60 bits per heavy atom. The van der Waals surface area contributed by atoms with Gasteiger partial charge in [0, 0.05) is 0 Å². The maximum atomic E-state index is 3.55. The first kappa shape index (κ1) is 6.01. The van der Waals surface area contributed by atoms with E-state index in [9.17, 15) is 0 Å². The van der Waals surface area contributed by atoms with Crippen LogP contribution in [0.4, 0.5) is 0 Å². The van der Waals surface area contributed by atoms with E-state index >= 15 is 0 Å². The van der Waals surface area contributed by atoms with Crippen LogP contribution in [0.3, 0.4) is 0 Å². The molecule has 0 atom stereocenters. The van der Waals surface area contributed by atoms with Gasteiger partial charge in [0.1, 0.15) is 0 Å². The van der Waals surface area contributed by atoms with Gasteiger partial charge >= 0.3 is 48.6 Å². The van der Waals surface area contributed by atoms with E-state index in [1.54, 1.807) is 0 Å². The Kier molecular flexibility index (Phi) is 6.02. The average molecular weight is 249 g/mol. The standard InChI is InChI=1S/C3H5BrTe/c1-2-3-5-4/h2H,1,3H2. The summed E-state index contributed by atoms with van der Waals surface area (Å²) < 4.78 is 1.20. The van der Waals surface area contributed by atoms with Gasteiger partial charge in [-0.1, -0.05) is 0 Å². The van der Waals surface area contributed by atoms with Crippen LogP contribution in [0.5, 0.6) is 0 Å². The Morgan fingerprint density at radius 1 is 2.00 bits per heavy atom. The molecule has 0 aromatic heterocycles. The van der Waals surface area contributed by atoms with Crippen LogP contribution in [0.15, 0.2) is 12.7 Å². The number of hydrogen-bond donors (Lipinski definition) is 0.